The van der Waals surface area contributed by atoms with Crippen molar-refractivity contribution >= 4 is 16.7 Å². The Hall–Kier alpha value is -1.61. The van der Waals surface area contributed by atoms with E-state index < -0.39 is 0 Å². The summed E-state index contributed by atoms with van der Waals surface area (Å²) in [6.07, 6.45) is 0. The zero-order chi connectivity index (χ0) is 12.6. The van der Waals surface area contributed by atoms with Crippen LogP contribution in [0.5, 0.6) is 0 Å². The number of anilines is 1. The normalized spacial score (nSPS) is 19.1. The van der Waals surface area contributed by atoms with E-state index >= 15 is 0 Å². The topological polar surface area (TPSA) is 28.2 Å². The fourth-order valence-electron chi connectivity index (χ4n) is 2.61. The van der Waals surface area contributed by atoms with Crippen LogP contribution in [0.1, 0.15) is 13.8 Å². The van der Waals surface area contributed by atoms with Crippen LogP contribution in [-0.2, 0) is 0 Å². The van der Waals surface area contributed by atoms with Crippen LogP contribution in [0.3, 0.4) is 0 Å². The molecule has 3 nitrogen and oxygen atoms in total. The van der Waals surface area contributed by atoms with E-state index in [0.717, 1.165) is 31.0 Å². The number of piperazine rings is 1. The quantitative estimate of drug-likeness (QED) is 0.831. The molecule has 1 aliphatic heterocycles. The first-order chi connectivity index (χ1) is 8.67. The van der Waals surface area contributed by atoms with Crippen molar-refractivity contribution < 1.29 is 0 Å². The summed E-state index contributed by atoms with van der Waals surface area (Å²) in [5.41, 5.74) is 1.19. The molecule has 0 unspecified atom stereocenters. The van der Waals surface area contributed by atoms with Gasteiger partial charge in [-0.1, -0.05) is 18.2 Å². The minimum Gasteiger partial charge on any atom is -0.349 e. The standard InChI is InChI=1S/C15H19N3/c1-15(2)11-16-9-10-18(15)14-8-7-12-5-3-4-6-13(12)17-14/h3-8,16H,9-11H2,1-2H3. The van der Waals surface area contributed by atoms with Gasteiger partial charge in [-0.25, -0.2) is 4.98 Å². The zero-order valence-electron chi connectivity index (χ0n) is 11.0. The molecule has 0 spiro atoms. The highest BCUT2D eigenvalue weighted by Gasteiger charge is 2.30. The highest BCUT2D eigenvalue weighted by molar-refractivity contribution is 5.80. The van der Waals surface area contributed by atoms with Crippen molar-refractivity contribution in [2.24, 2.45) is 0 Å². The van der Waals surface area contributed by atoms with Crippen LogP contribution in [0.4, 0.5) is 5.82 Å². The van der Waals surface area contributed by atoms with Crippen LogP contribution in [0, 0.1) is 0 Å². The number of para-hydroxylation sites is 1. The minimum atomic E-state index is 0.119. The number of rotatable bonds is 1. The van der Waals surface area contributed by atoms with Crippen molar-refractivity contribution in [1.82, 2.24) is 10.3 Å². The smallest absolute Gasteiger partial charge is 0.129 e. The molecular formula is C15H19N3. The van der Waals surface area contributed by atoms with Gasteiger partial charge in [-0.05, 0) is 32.0 Å². The average molecular weight is 241 g/mol. The van der Waals surface area contributed by atoms with E-state index in [1.165, 1.54) is 5.39 Å². The van der Waals surface area contributed by atoms with E-state index in [0.29, 0.717) is 0 Å². The van der Waals surface area contributed by atoms with Crippen LogP contribution in [0.25, 0.3) is 10.9 Å². The largest absolute Gasteiger partial charge is 0.349 e. The lowest BCUT2D eigenvalue weighted by Crippen LogP contribution is -2.58. The summed E-state index contributed by atoms with van der Waals surface area (Å²) in [6.45, 7) is 7.56. The molecule has 0 atom stereocenters. The maximum absolute atomic E-state index is 4.79. The van der Waals surface area contributed by atoms with Gasteiger partial charge in [-0.3, -0.25) is 0 Å². The van der Waals surface area contributed by atoms with Crippen molar-refractivity contribution in [3.63, 3.8) is 0 Å². The maximum atomic E-state index is 4.79. The molecule has 0 saturated carbocycles. The fourth-order valence-corrected chi connectivity index (χ4v) is 2.61. The van der Waals surface area contributed by atoms with E-state index in [1.807, 2.05) is 6.07 Å². The van der Waals surface area contributed by atoms with E-state index in [-0.39, 0.29) is 5.54 Å². The van der Waals surface area contributed by atoms with Crippen LogP contribution >= 0.6 is 0 Å². The SMILES string of the molecule is CC1(C)CNCCN1c1ccc2ccccc2n1. The molecule has 1 aromatic heterocycles. The highest BCUT2D eigenvalue weighted by atomic mass is 15.3. The van der Waals surface area contributed by atoms with Crippen molar-refractivity contribution in [2.45, 2.75) is 19.4 Å². The van der Waals surface area contributed by atoms with Crippen LogP contribution in [0.2, 0.25) is 0 Å². The van der Waals surface area contributed by atoms with E-state index in [2.05, 4.69) is 54.4 Å². The highest BCUT2D eigenvalue weighted by Crippen LogP contribution is 2.25. The number of hydrogen-bond acceptors (Lipinski definition) is 3. The van der Waals surface area contributed by atoms with Gasteiger partial charge in [0.05, 0.1) is 5.52 Å². The first kappa shape index (κ1) is 11.5. The molecule has 1 saturated heterocycles. The Balaban J connectivity index is 2.03. The molecule has 1 aromatic carbocycles. The van der Waals surface area contributed by atoms with E-state index in [4.69, 9.17) is 4.98 Å². The molecule has 0 amide bonds. The number of nitrogens with one attached hydrogen (secondary N) is 1. The molecule has 94 valence electrons. The van der Waals surface area contributed by atoms with Gasteiger partial charge >= 0.3 is 0 Å². The summed E-state index contributed by atoms with van der Waals surface area (Å²) in [6, 6.07) is 12.6. The summed E-state index contributed by atoms with van der Waals surface area (Å²) in [7, 11) is 0. The average Bonchev–Trinajstić information content (AvgIpc) is 2.38. The Bertz CT molecular complexity index is 562. The van der Waals surface area contributed by atoms with Crippen molar-refractivity contribution in [2.75, 3.05) is 24.5 Å². The molecule has 2 aromatic rings. The third kappa shape index (κ3) is 1.95. The Kier molecular flexibility index (Phi) is 2.71. The van der Waals surface area contributed by atoms with Gasteiger partial charge in [-0.15, -0.1) is 0 Å². The lowest BCUT2D eigenvalue weighted by atomic mass is 10.00. The van der Waals surface area contributed by atoms with Gasteiger partial charge in [0.15, 0.2) is 0 Å². The van der Waals surface area contributed by atoms with Gasteiger partial charge in [-0.2, -0.15) is 0 Å². The Morgan fingerprint density at radius 1 is 1.17 bits per heavy atom. The summed E-state index contributed by atoms with van der Waals surface area (Å²) >= 11 is 0. The van der Waals surface area contributed by atoms with Gasteiger partial charge < -0.3 is 10.2 Å². The summed E-state index contributed by atoms with van der Waals surface area (Å²) in [5, 5.41) is 4.65. The van der Waals surface area contributed by atoms with Gasteiger partial charge in [0.25, 0.3) is 0 Å². The first-order valence-corrected chi connectivity index (χ1v) is 6.51. The van der Waals surface area contributed by atoms with E-state index in [9.17, 15) is 0 Å². The fraction of sp³-hybridized carbons (Fsp3) is 0.400. The van der Waals surface area contributed by atoms with E-state index in [1.54, 1.807) is 0 Å². The first-order valence-electron chi connectivity index (χ1n) is 6.51. The molecule has 2 heterocycles. The molecule has 18 heavy (non-hydrogen) atoms. The van der Waals surface area contributed by atoms with Crippen LogP contribution < -0.4 is 10.2 Å². The number of hydrogen-bond donors (Lipinski definition) is 1. The minimum absolute atomic E-state index is 0.119. The molecular weight excluding hydrogens is 222 g/mol. The van der Waals surface area contributed by atoms with Gasteiger partial charge in [0.1, 0.15) is 5.82 Å². The maximum Gasteiger partial charge on any atom is 0.129 e. The predicted molar refractivity (Wildman–Crippen MR) is 76.0 cm³/mol. The molecule has 0 aliphatic carbocycles. The van der Waals surface area contributed by atoms with Gasteiger partial charge in [0.2, 0.25) is 0 Å². The summed E-state index contributed by atoms with van der Waals surface area (Å²) in [5.74, 6) is 1.08. The number of benzene rings is 1. The van der Waals surface area contributed by atoms with Crippen LogP contribution in [0.15, 0.2) is 36.4 Å². The monoisotopic (exact) mass is 241 g/mol. The van der Waals surface area contributed by atoms with Crippen molar-refractivity contribution in [3.8, 4) is 0 Å². The molecule has 1 fully saturated rings. The lowest BCUT2D eigenvalue weighted by Gasteiger charge is -2.43. The molecule has 1 N–H and O–H groups in total. The van der Waals surface area contributed by atoms with Crippen LogP contribution in [-0.4, -0.2) is 30.2 Å². The summed E-state index contributed by atoms with van der Waals surface area (Å²) in [4.78, 5) is 7.19. The molecule has 0 bridgehead atoms. The second-order valence-corrected chi connectivity index (χ2v) is 5.50. The Morgan fingerprint density at radius 3 is 2.83 bits per heavy atom. The van der Waals surface area contributed by atoms with Crippen molar-refractivity contribution in [1.29, 1.82) is 0 Å². The molecule has 1 aliphatic rings. The zero-order valence-corrected chi connectivity index (χ0v) is 11.0. The summed E-state index contributed by atoms with van der Waals surface area (Å²) < 4.78 is 0. The second kappa shape index (κ2) is 4.25. The molecule has 0 radical (unpaired) electrons. The molecule has 3 heteroatoms. The van der Waals surface area contributed by atoms with Crippen molar-refractivity contribution in [3.05, 3.63) is 36.4 Å². The second-order valence-electron chi connectivity index (χ2n) is 5.50. The number of nitrogens with zero attached hydrogens (tertiary/aromatic N) is 2. The third-order valence-electron chi connectivity index (χ3n) is 3.66. The lowest BCUT2D eigenvalue weighted by molar-refractivity contribution is 0.378. The number of fused-ring (bicyclic) bond motifs is 1. The van der Waals surface area contributed by atoms with Gasteiger partial charge in [0, 0.05) is 30.6 Å². The number of aromatic nitrogens is 1. The molecule has 3 rings (SSSR count). The Morgan fingerprint density at radius 2 is 2.00 bits per heavy atom. The predicted octanol–water partition coefficient (Wildman–Crippen LogP) is 2.42. The Labute approximate surface area is 108 Å². The third-order valence-corrected chi connectivity index (χ3v) is 3.66. The number of pyridine rings is 1.